The van der Waals surface area contributed by atoms with Crippen molar-refractivity contribution in [2.45, 2.75) is 44.9 Å². The Morgan fingerprint density at radius 2 is 2.18 bits per heavy atom. The van der Waals surface area contributed by atoms with Gasteiger partial charge in [-0.15, -0.1) is 0 Å². The third-order valence-electron chi connectivity index (χ3n) is 3.56. The van der Waals surface area contributed by atoms with Crippen molar-refractivity contribution < 1.29 is 9.53 Å². The molecule has 1 aliphatic rings. The number of carbonyl (C=O) groups is 1. The van der Waals surface area contributed by atoms with Gasteiger partial charge >= 0.3 is 0 Å². The van der Waals surface area contributed by atoms with Gasteiger partial charge in [0.05, 0.1) is 7.11 Å². The summed E-state index contributed by atoms with van der Waals surface area (Å²) in [4.78, 5) is 12.1. The van der Waals surface area contributed by atoms with Gasteiger partial charge in [0.2, 0.25) is 0 Å². The molecule has 0 saturated heterocycles. The van der Waals surface area contributed by atoms with Crippen LogP contribution in [-0.2, 0) is 11.2 Å². The summed E-state index contributed by atoms with van der Waals surface area (Å²) in [7, 11) is 1.69. The number of benzene rings is 1. The molecule has 92 valence electrons. The molecule has 0 bridgehead atoms. The van der Waals surface area contributed by atoms with Gasteiger partial charge in [0.15, 0.2) is 0 Å². The standard InChI is InChI=1S/C15H20O2/c1-3-5-14-13-9-8-12(17-2)10-11(13)6-4-7-15(14)16/h8-10,14H,3-7H2,1-2H3. The van der Waals surface area contributed by atoms with E-state index in [0.29, 0.717) is 5.78 Å². The topological polar surface area (TPSA) is 26.3 Å². The maximum atomic E-state index is 12.1. The SMILES string of the molecule is CCCC1C(=O)CCCc2cc(OC)ccc21. The van der Waals surface area contributed by atoms with E-state index in [-0.39, 0.29) is 5.92 Å². The number of ketones is 1. The lowest BCUT2D eigenvalue weighted by Gasteiger charge is -2.16. The Kier molecular flexibility index (Phi) is 3.82. The fourth-order valence-electron chi connectivity index (χ4n) is 2.67. The Hall–Kier alpha value is -1.31. The van der Waals surface area contributed by atoms with Crippen LogP contribution in [0.5, 0.6) is 5.75 Å². The highest BCUT2D eigenvalue weighted by atomic mass is 16.5. The molecule has 0 fully saturated rings. The van der Waals surface area contributed by atoms with Crippen molar-refractivity contribution in [3.63, 3.8) is 0 Å². The summed E-state index contributed by atoms with van der Waals surface area (Å²) in [6.07, 6.45) is 4.72. The predicted octanol–water partition coefficient (Wildman–Crippen LogP) is 3.48. The summed E-state index contributed by atoms with van der Waals surface area (Å²) in [6, 6.07) is 6.15. The molecule has 17 heavy (non-hydrogen) atoms. The molecule has 1 aromatic carbocycles. The second-order valence-electron chi connectivity index (χ2n) is 4.73. The molecular formula is C15H20O2. The zero-order valence-corrected chi connectivity index (χ0v) is 10.7. The van der Waals surface area contributed by atoms with Crippen LogP contribution in [0.4, 0.5) is 0 Å². The molecule has 2 nitrogen and oxygen atoms in total. The molecule has 1 aromatic rings. The highest BCUT2D eigenvalue weighted by molar-refractivity contribution is 5.86. The summed E-state index contributed by atoms with van der Waals surface area (Å²) in [5.41, 5.74) is 2.53. The number of carbonyl (C=O) groups excluding carboxylic acids is 1. The van der Waals surface area contributed by atoms with E-state index in [1.165, 1.54) is 11.1 Å². The quantitative estimate of drug-likeness (QED) is 0.746. The number of Topliss-reactive ketones (excluding diaryl/α,β-unsaturated/α-hetero) is 1. The minimum atomic E-state index is 0.114. The smallest absolute Gasteiger partial charge is 0.140 e. The van der Waals surface area contributed by atoms with Gasteiger partial charge in [-0.2, -0.15) is 0 Å². The van der Waals surface area contributed by atoms with Gasteiger partial charge in [0, 0.05) is 12.3 Å². The van der Waals surface area contributed by atoms with E-state index >= 15 is 0 Å². The minimum absolute atomic E-state index is 0.114. The van der Waals surface area contributed by atoms with Crippen LogP contribution in [0.3, 0.4) is 0 Å². The summed E-state index contributed by atoms with van der Waals surface area (Å²) in [5.74, 6) is 1.42. The summed E-state index contributed by atoms with van der Waals surface area (Å²) >= 11 is 0. The van der Waals surface area contributed by atoms with Crippen LogP contribution < -0.4 is 4.74 Å². The number of fused-ring (bicyclic) bond motifs is 1. The van der Waals surface area contributed by atoms with Gasteiger partial charge in [-0.1, -0.05) is 19.4 Å². The molecule has 1 aliphatic carbocycles. The van der Waals surface area contributed by atoms with Crippen molar-refractivity contribution >= 4 is 5.78 Å². The van der Waals surface area contributed by atoms with Gasteiger partial charge < -0.3 is 4.74 Å². The number of ether oxygens (including phenoxy) is 1. The van der Waals surface area contributed by atoms with Crippen molar-refractivity contribution in [1.29, 1.82) is 0 Å². The van der Waals surface area contributed by atoms with E-state index in [1.807, 2.05) is 6.07 Å². The molecule has 0 heterocycles. The van der Waals surface area contributed by atoms with E-state index in [1.54, 1.807) is 7.11 Å². The van der Waals surface area contributed by atoms with Gasteiger partial charge in [-0.3, -0.25) is 4.79 Å². The zero-order valence-electron chi connectivity index (χ0n) is 10.7. The van der Waals surface area contributed by atoms with Crippen molar-refractivity contribution in [3.05, 3.63) is 29.3 Å². The third-order valence-corrected chi connectivity index (χ3v) is 3.56. The lowest BCUT2D eigenvalue weighted by molar-refractivity contribution is -0.120. The van der Waals surface area contributed by atoms with E-state index in [0.717, 1.165) is 37.9 Å². The second kappa shape index (κ2) is 5.35. The molecule has 2 heteroatoms. The Balaban J connectivity index is 2.39. The van der Waals surface area contributed by atoms with E-state index in [9.17, 15) is 4.79 Å². The van der Waals surface area contributed by atoms with Crippen LogP contribution in [0.15, 0.2) is 18.2 Å². The molecule has 1 atom stereocenters. The van der Waals surface area contributed by atoms with Crippen molar-refractivity contribution in [1.82, 2.24) is 0 Å². The number of hydrogen-bond donors (Lipinski definition) is 0. The van der Waals surface area contributed by atoms with E-state index < -0.39 is 0 Å². The Morgan fingerprint density at radius 3 is 2.88 bits per heavy atom. The van der Waals surface area contributed by atoms with Crippen LogP contribution in [0.2, 0.25) is 0 Å². The molecule has 0 saturated carbocycles. The predicted molar refractivity (Wildman–Crippen MR) is 68.6 cm³/mol. The molecule has 0 N–H and O–H groups in total. The first-order chi connectivity index (χ1) is 8.26. The van der Waals surface area contributed by atoms with Crippen LogP contribution >= 0.6 is 0 Å². The van der Waals surface area contributed by atoms with Crippen LogP contribution in [0.1, 0.15) is 49.7 Å². The van der Waals surface area contributed by atoms with Crippen LogP contribution in [0.25, 0.3) is 0 Å². The normalized spacial score (nSPS) is 19.6. The maximum absolute atomic E-state index is 12.1. The van der Waals surface area contributed by atoms with Gasteiger partial charge in [0.1, 0.15) is 11.5 Å². The fraction of sp³-hybridized carbons (Fsp3) is 0.533. The Morgan fingerprint density at radius 1 is 1.35 bits per heavy atom. The molecule has 0 aromatic heterocycles. The molecule has 0 aliphatic heterocycles. The lowest BCUT2D eigenvalue weighted by Crippen LogP contribution is -2.11. The van der Waals surface area contributed by atoms with Gasteiger partial charge in [0.25, 0.3) is 0 Å². The monoisotopic (exact) mass is 232 g/mol. The molecular weight excluding hydrogens is 212 g/mol. The average Bonchev–Trinajstić information content (AvgIpc) is 2.50. The Bertz CT molecular complexity index is 409. The zero-order chi connectivity index (χ0) is 12.3. The fourth-order valence-corrected chi connectivity index (χ4v) is 2.67. The molecule has 1 unspecified atom stereocenters. The first-order valence-electron chi connectivity index (χ1n) is 6.45. The molecule has 0 radical (unpaired) electrons. The number of hydrogen-bond acceptors (Lipinski definition) is 2. The Labute approximate surface area is 103 Å². The number of methoxy groups -OCH3 is 1. The number of rotatable bonds is 3. The first-order valence-corrected chi connectivity index (χ1v) is 6.45. The minimum Gasteiger partial charge on any atom is -0.497 e. The van der Waals surface area contributed by atoms with E-state index in [2.05, 4.69) is 19.1 Å². The highest BCUT2D eigenvalue weighted by Gasteiger charge is 2.25. The van der Waals surface area contributed by atoms with Gasteiger partial charge in [-0.25, -0.2) is 0 Å². The van der Waals surface area contributed by atoms with Crippen molar-refractivity contribution in [2.24, 2.45) is 0 Å². The maximum Gasteiger partial charge on any atom is 0.140 e. The van der Waals surface area contributed by atoms with Crippen LogP contribution in [-0.4, -0.2) is 12.9 Å². The molecule has 0 spiro atoms. The van der Waals surface area contributed by atoms with Crippen molar-refractivity contribution in [3.8, 4) is 5.75 Å². The lowest BCUT2D eigenvalue weighted by atomic mass is 9.88. The van der Waals surface area contributed by atoms with Gasteiger partial charge in [-0.05, 0) is 42.5 Å². The molecule has 0 amide bonds. The van der Waals surface area contributed by atoms with Crippen LogP contribution in [0, 0.1) is 0 Å². The number of aryl methyl sites for hydroxylation is 1. The van der Waals surface area contributed by atoms with E-state index in [4.69, 9.17) is 4.74 Å². The molecule has 2 rings (SSSR count). The first kappa shape index (κ1) is 12.2. The summed E-state index contributed by atoms with van der Waals surface area (Å²) < 4.78 is 5.26. The second-order valence-corrected chi connectivity index (χ2v) is 4.73. The van der Waals surface area contributed by atoms with Crippen molar-refractivity contribution in [2.75, 3.05) is 7.11 Å². The highest BCUT2D eigenvalue weighted by Crippen LogP contribution is 2.33. The average molecular weight is 232 g/mol. The summed E-state index contributed by atoms with van der Waals surface area (Å²) in [5, 5.41) is 0. The summed E-state index contributed by atoms with van der Waals surface area (Å²) in [6.45, 7) is 2.14. The third kappa shape index (κ3) is 2.51. The largest absolute Gasteiger partial charge is 0.497 e.